The van der Waals surface area contributed by atoms with Gasteiger partial charge in [-0.25, -0.2) is 0 Å². The summed E-state index contributed by atoms with van der Waals surface area (Å²) in [6, 6.07) is 11.4. The Morgan fingerprint density at radius 3 is 2.88 bits per heavy atom. The van der Waals surface area contributed by atoms with Gasteiger partial charge in [0.2, 0.25) is 0 Å². The smallest absolute Gasteiger partial charge is 0.151 e. The summed E-state index contributed by atoms with van der Waals surface area (Å²) in [5.41, 5.74) is 4.28. The second-order valence-electron chi connectivity index (χ2n) is 6.84. The molecule has 1 N–H and O–H groups in total. The van der Waals surface area contributed by atoms with Crippen molar-refractivity contribution in [3.8, 4) is 0 Å². The van der Waals surface area contributed by atoms with Gasteiger partial charge in [0, 0.05) is 44.1 Å². The molecule has 2 aromatic rings. The number of aromatic nitrogens is 2. The van der Waals surface area contributed by atoms with Crippen LogP contribution in [0.25, 0.3) is 0 Å². The number of para-hydroxylation sites is 1. The lowest BCUT2D eigenvalue weighted by Crippen LogP contribution is -2.43. The topological polar surface area (TPSA) is 44.3 Å². The quantitative estimate of drug-likeness (QED) is 0.937. The normalized spacial score (nSPS) is 17.8. The highest BCUT2D eigenvalue weighted by Crippen LogP contribution is 2.28. The Balaban J connectivity index is 1.37. The molecule has 2 aliphatic heterocycles. The molecule has 0 unspecified atom stereocenters. The van der Waals surface area contributed by atoms with E-state index in [1.807, 2.05) is 6.07 Å². The fourth-order valence-corrected chi connectivity index (χ4v) is 3.94. The largest absolute Gasteiger partial charge is 0.384 e. The molecule has 0 amide bonds. The fraction of sp³-hybridized carbons (Fsp3) is 0.474. The molecule has 0 atom stereocenters. The van der Waals surface area contributed by atoms with E-state index in [1.165, 1.54) is 29.7 Å². The molecule has 24 heavy (non-hydrogen) atoms. The van der Waals surface area contributed by atoms with Gasteiger partial charge in [-0.3, -0.25) is 4.90 Å². The van der Waals surface area contributed by atoms with Gasteiger partial charge in [0.05, 0.1) is 0 Å². The van der Waals surface area contributed by atoms with E-state index in [9.17, 15) is 0 Å². The first kappa shape index (κ1) is 15.4. The molecular formula is C19H25N5. The molecule has 3 heterocycles. The van der Waals surface area contributed by atoms with Crippen LogP contribution in [0.3, 0.4) is 0 Å². The van der Waals surface area contributed by atoms with Crippen molar-refractivity contribution in [3.63, 3.8) is 0 Å². The summed E-state index contributed by atoms with van der Waals surface area (Å²) in [5.74, 6) is 1.00. The molecule has 0 saturated carbocycles. The summed E-state index contributed by atoms with van der Waals surface area (Å²) in [4.78, 5) is 4.86. The SMILES string of the molecule is CN(Cc1cccc2c1NCC2)C1CCN(c2cccnn2)CC1. The predicted octanol–water partition coefficient (Wildman–Crippen LogP) is 2.55. The Hall–Kier alpha value is -2.14. The lowest BCUT2D eigenvalue weighted by atomic mass is 10.0. The highest BCUT2D eigenvalue weighted by molar-refractivity contribution is 5.61. The summed E-state index contributed by atoms with van der Waals surface area (Å²) >= 11 is 0. The molecule has 5 heteroatoms. The molecule has 1 aromatic heterocycles. The van der Waals surface area contributed by atoms with E-state index < -0.39 is 0 Å². The molecule has 0 bridgehead atoms. The first-order chi connectivity index (χ1) is 11.8. The molecule has 0 aliphatic carbocycles. The molecule has 1 saturated heterocycles. The molecular weight excluding hydrogens is 298 g/mol. The van der Waals surface area contributed by atoms with Crippen molar-refractivity contribution >= 4 is 11.5 Å². The van der Waals surface area contributed by atoms with Gasteiger partial charge < -0.3 is 10.2 Å². The zero-order chi connectivity index (χ0) is 16.4. The molecule has 1 aromatic carbocycles. The van der Waals surface area contributed by atoms with Gasteiger partial charge in [0.1, 0.15) is 0 Å². The Kier molecular flexibility index (Phi) is 4.34. The Labute approximate surface area is 143 Å². The second-order valence-corrected chi connectivity index (χ2v) is 6.84. The average Bonchev–Trinajstić information content (AvgIpc) is 3.12. The van der Waals surface area contributed by atoms with Crippen LogP contribution in [0.15, 0.2) is 36.5 Å². The number of rotatable bonds is 4. The van der Waals surface area contributed by atoms with Gasteiger partial charge >= 0.3 is 0 Å². The van der Waals surface area contributed by atoms with Gasteiger partial charge in [-0.2, -0.15) is 5.10 Å². The molecule has 0 radical (unpaired) electrons. The van der Waals surface area contributed by atoms with Crippen LogP contribution in [0, 0.1) is 0 Å². The van der Waals surface area contributed by atoms with Gasteiger partial charge in [-0.1, -0.05) is 18.2 Å². The third-order valence-electron chi connectivity index (χ3n) is 5.32. The second kappa shape index (κ2) is 6.77. The van der Waals surface area contributed by atoms with Gasteiger partial charge in [-0.05, 0) is 49.6 Å². The minimum atomic E-state index is 0.634. The van der Waals surface area contributed by atoms with E-state index in [-0.39, 0.29) is 0 Å². The highest BCUT2D eigenvalue weighted by atomic mass is 15.3. The van der Waals surface area contributed by atoms with E-state index in [2.05, 4.69) is 56.6 Å². The third kappa shape index (κ3) is 3.08. The summed E-state index contributed by atoms with van der Waals surface area (Å²) in [6.45, 7) is 4.20. The Bertz CT molecular complexity index is 679. The lowest BCUT2D eigenvalue weighted by Gasteiger charge is -2.37. The number of hydrogen-bond donors (Lipinski definition) is 1. The maximum atomic E-state index is 4.23. The van der Waals surface area contributed by atoms with Crippen LogP contribution in [-0.2, 0) is 13.0 Å². The molecule has 0 spiro atoms. The number of nitrogens with zero attached hydrogens (tertiary/aromatic N) is 4. The van der Waals surface area contributed by atoms with Crippen molar-refractivity contribution in [2.75, 3.05) is 36.9 Å². The van der Waals surface area contributed by atoms with Gasteiger partial charge in [-0.15, -0.1) is 5.10 Å². The number of anilines is 2. The predicted molar refractivity (Wildman–Crippen MR) is 97.4 cm³/mol. The standard InChI is InChI=1S/C19H25N5/c1-23(14-16-5-2-4-15-7-11-20-19(15)16)17-8-12-24(13-9-17)18-6-3-10-21-22-18/h2-6,10,17,20H,7-9,11-14H2,1H3. The summed E-state index contributed by atoms with van der Waals surface area (Å²) in [5, 5.41) is 11.8. The van der Waals surface area contributed by atoms with Crippen LogP contribution < -0.4 is 10.2 Å². The number of piperidine rings is 1. The minimum Gasteiger partial charge on any atom is -0.384 e. The van der Waals surface area contributed by atoms with Crippen molar-refractivity contribution in [3.05, 3.63) is 47.7 Å². The van der Waals surface area contributed by atoms with Gasteiger partial charge in [0.25, 0.3) is 0 Å². The number of benzene rings is 1. The molecule has 126 valence electrons. The summed E-state index contributed by atoms with van der Waals surface area (Å²) < 4.78 is 0. The number of fused-ring (bicyclic) bond motifs is 1. The third-order valence-corrected chi connectivity index (χ3v) is 5.32. The molecule has 1 fully saturated rings. The van der Waals surface area contributed by atoms with Crippen molar-refractivity contribution in [1.29, 1.82) is 0 Å². The van der Waals surface area contributed by atoms with Crippen LogP contribution >= 0.6 is 0 Å². The number of nitrogens with one attached hydrogen (secondary N) is 1. The minimum absolute atomic E-state index is 0.634. The summed E-state index contributed by atoms with van der Waals surface area (Å²) in [6.07, 6.45) is 5.24. The van der Waals surface area contributed by atoms with Crippen LogP contribution in [0.2, 0.25) is 0 Å². The monoisotopic (exact) mass is 323 g/mol. The average molecular weight is 323 g/mol. The van der Waals surface area contributed by atoms with Crippen molar-refractivity contribution in [2.24, 2.45) is 0 Å². The Morgan fingerprint density at radius 1 is 1.21 bits per heavy atom. The zero-order valence-corrected chi connectivity index (χ0v) is 14.3. The fourth-order valence-electron chi connectivity index (χ4n) is 3.94. The lowest BCUT2D eigenvalue weighted by molar-refractivity contribution is 0.200. The van der Waals surface area contributed by atoms with Crippen molar-refractivity contribution in [1.82, 2.24) is 15.1 Å². The first-order valence-electron chi connectivity index (χ1n) is 8.89. The molecule has 5 nitrogen and oxygen atoms in total. The van der Waals surface area contributed by atoms with E-state index in [0.717, 1.165) is 38.4 Å². The first-order valence-corrected chi connectivity index (χ1v) is 8.89. The van der Waals surface area contributed by atoms with E-state index >= 15 is 0 Å². The maximum absolute atomic E-state index is 4.23. The van der Waals surface area contributed by atoms with Crippen molar-refractivity contribution < 1.29 is 0 Å². The van der Waals surface area contributed by atoms with Crippen LogP contribution in [-0.4, -0.2) is 47.8 Å². The summed E-state index contributed by atoms with van der Waals surface area (Å²) in [7, 11) is 2.26. The maximum Gasteiger partial charge on any atom is 0.151 e. The molecule has 4 rings (SSSR count). The van der Waals surface area contributed by atoms with E-state index in [0.29, 0.717) is 6.04 Å². The Morgan fingerprint density at radius 2 is 2.08 bits per heavy atom. The van der Waals surface area contributed by atoms with Gasteiger partial charge in [0.15, 0.2) is 5.82 Å². The van der Waals surface area contributed by atoms with E-state index in [4.69, 9.17) is 0 Å². The van der Waals surface area contributed by atoms with Crippen LogP contribution in [0.1, 0.15) is 24.0 Å². The van der Waals surface area contributed by atoms with Crippen LogP contribution in [0.4, 0.5) is 11.5 Å². The molecule has 2 aliphatic rings. The number of hydrogen-bond acceptors (Lipinski definition) is 5. The zero-order valence-electron chi connectivity index (χ0n) is 14.3. The van der Waals surface area contributed by atoms with E-state index in [1.54, 1.807) is 6.20 Å². The van der Waals surface area contributed by atoms with Crippen LogP contribution in [0.5, 0.6) is 0 Å². The van der Waals surface area contributed by atoms with Crippen molar-refractivity contribution in [2.45, 2.75) is 31.8 Å². The highest BCUT2D eigenvalue weighted by Gasteiger charge is 2.24.